The number of carbonyl (C=O) groups is 1. The van der Waals surface area contributed by atoms with Gasteiger partial charge in [-0.25, -0.2) is 0 Å². The molecule has 1 nitrogen and oxygen atoms in total. The number of carbonyl (C=O) groups excluding carboxylic acids is 1. The van der Waals surface area contributed by atoms with E-state index in [0.717, 1.165) is 11.1 Å². The van der Waals surface area contributed by atoms with E-state index in [9.17, 15) is 4.79 Å². The van der Waals surface area contributed by atoms with Crippen molar-refractivity contribution in [3.05, 3.63) is 83.4 Å². The third-order valence-electron chi connectivity index (χ3n) is 3.90. The van der Waals surface area contributed by atoms with E-state index in [4.69, 9.17) is 0 Å². The lowest BCUT2D eigenvalue weighted by Crippen LogP contribution is -2.15. The van der Waals surface area contributed by atoms with Crippen LogP contribution in [0.5, 0.6) is 0 Å². The molecule has 0 spiro atoms. The summed E-state index contributed by atoms with van der Waals surface area (Å²) in [6.45, 7) is 2.22. The monoisotopic (exact) mass is 248 g/mol. The molecule has 1 aliphatic rings. The van der Waals surface area contributed by atoms with Crippen LogP contribution in [0.25, 0.3) is 0 Å². The molecule has 2 aromatic rings. The van der Waals surface area contributed by atoms with Gasteiger partial charge in [0, 0.05) is 11.5 Å². The Labute approximate surface area is 113 Å². The van der Waals surface area contributed by atoms with E-state index in [-0.39, 0.29) is 11.7 Å². The van der Waals surface area contributed by atoms with Crippen LogP contribution < -0.4 is 0 Å². The van der Waals surface area contributed by atoms with Gasteiger partial charge in [-0.05, 0) is 23.1 Å². The Balaban J connectivity index is 2.02. The maximum atomic E-state index is 11.9. The first kappa shape index (κ1) is 11.9. The molecule has 1 heteroatoms. The molecule has 0 N–H and O–H groups in total. The summed E-state index contributed by atoms with van der Waals surface area (Å²) in [6, 6.07) is 18.4. The predicted octanol–water partition coefficient (Wildman–Crippen LogP) is 4.33. The molecular formula is C18H16O. The lowest BCUT2D eigenvalue weighted by molar-refractivity contribution is 0.104. The molecule has 0 bridgehead atoms. The second-order valence-corrected chi connectivity index (χ2v) is 5.04. The van der Waals surface area contributed by atoms with Gasteiger partial charge in [-0.2, -0.15) is 0 Å². The standard InChI is InChI=1S/C18H16O/c1-13(14-7-3-2-4-8-14)15-11-12-18(19)17-10-6-5-9-16(15)17/h2-13,15H,1H3/t13-,15+/m1/s1. The maximum absolute atomic E-state index is 11.9. The lowest BCUT2D eigenvalue weighted by Gasteiger charge is -2.26. The molecule has 0 unspecified atom stereocenters. The fraction of sp³-hybridized carbons (Fsp3) is 0.167. The Morgan fingerprint density at radius 3 is 2.42 bits per heavy atom. The van der Waals surface area contributed by atoms with Crippen LogP contribution in [0.4, 0.5) is 0 Å². The van der Waals surface area contributed by atoms with Gasteiger partial charge in [-0.3, -0.25) is 4.79 Å². The molecule has 0 saturated heterocycles. The van der Waals surface area contributed by atoms with Crippen molar-refractivity contribution in [3.8, 4) is 0 Å². The summed E-state index contributed by atoms with van der Waals surface area (Å²) in [5.74, 6) is 0.759. The van der Waals surface area contributed by atoms with Gasteiger partial charge in [0.05, 0.1) is 0 Å². The Kier molecular flexibility index (Phi) is 3.04. The quantitative estimate of drug-likeness (QED) is 0.773. The van der Waals surface area contributed by atoms with Gasteiger partial charge >= 0.3 is 0 Å². The fourth-order valence-corrected chi connectivity index (χ4v) is 2.80. The third kappa shape index (κ3) is 2.12. The van der Waals surface area contributed by atoms with E-state index >= 15 is 0 Å². The van der Waals surface area contributed by atoms with E-state index < -0.39 is 0 Å². The number of fused-ring (bicyclic) bond motifs is 1. The van der Waals surface area contributed by atoms with E-state index in [1.54, 1.807) is 6.08 Å². The number of ketones is 1. The van der Waals surface area contributed by atoms with Crippen molar-refractivity contribution < 1.29 is 4.79 Å². The zero-order valence-electron chi connectivity index (χ0n) is 10.9. The average Bonchev–Trinajstić information content (AvgIpc) is 2.48. The summed E-state index contributed by atoms with van der Waals surface area (Å²) in [5, 5.41) is 0. The van der Waals surface area contributed by atoms with Gasteiger partial charge in [0.25, 0.3) is 0 Å². The molecule has 94 valence electrons. The average molecular weight is 248 g/mol. The van der Waals surface area contributed by atoms with E-state index in [1.807, 2.05) is 30.3 Å². The van der Waals surface area contributed by atoms with Crippen LogP contribution >= 0.6 is 0 Å². The Bertz CT molecular complexity index is 625. The number of benzene rings is 2. The first-order chi connectivity index (χ1) is 9.27. The highest BCUT2D eigenvalue weighted by Gasteiger charge is 2.25. The number of hydrogen-bond acceptors (Lipinski definition) is 1. The molecule has 0 aromatic heterocycles. The zero-order valence-corrected chi connectivity index (χ0v) is 10.9. The molecule has 0 amide bonds. The molecule has 19 heavy (non-hydrogen) atoms. The van der Waals surface area contributed by atoms with Crippen molar-refractivity contribution in [2.24, 2.45) is 0 Å². The maximum Gasteiger partial charge on any atom is 0.185 e. The van der Waals surface area contributed by atoms with Gasteiger partial charge < -0.3 is 0 Å². The van der Waals surface area contributed by atoms with Crippen LogP contribution in [0, 0.1) is 0 Å². The molecule has 3 rings (SSSR count). The smallest absolute Gasteiger partial charge is 0.185 e. The van der Waals surface area contributed by atoms with Crippen molar-refractivity contribution in [2.45, 2.75) is 18.8 Å². The van der Waals surface area contributed by atoms with Gasteiger partial charge in [-0.1, -0.05) is 67.6 Å². The molecule has 1 aliphatic carbocycles. The molecular weight excluding hydrogens is 232 g/mol. The highest BCUT2D eigenvalue weighted by molar-refractivity contribution is 6.07. The molecule has 2 aromatic carbocycles. The molecule has 0 radical (unpaired) electrons. The molecule has 2 atom stereocenters. The van der Waals surface area contributed by atoms with Crippen molar-refractivity contribution in [3.63, 3.8) is 0 Å². The van der Waals surface area contributed by atoms with E-state index in [1.165, 1.54) is 5.56 Å². The zero-order chi connectivity index (χ0) is 13.2. The first-order valence-electron chi connectivity index (χ1n) is 6.64. The van der Waals surface area contributed by atoms with Crippen LogP contribution in [-0.4, -0.2) is 5.78 Å². The number of allylic oxidation sites excluding steroid dienone is 2. The van der Waals surface area contributed by atoms with Crippen LogP contribution in [-0.2, 0) is 0 Å². The van der Waals surface area contributed by atoms with Gasteiger partial charge in [0.1, 0.15) is 0 Å². The minimum atomic E-state index is 0.118. The van der Waals surface area contributed by atoms with Crippen LogP contribution in [0.3, 0.4) is 0 Å². The molecule has 0 heterocycles. The van der Waals surface area contributed by atoms with E-state index in [0.29, 0.717) is 5.92 Å². The lowest BCUT2D eigenvalue weighted by atomic mass is 9.77. The van der Waals surface area contributed by atoms with Gasteiger partial charge in [0.15, 0.2) is 5.78 Å². The second-order valence-electron chi connectivity index (χ2n) is 5.04. The highest BCUT2D eigenvalue weighted by atomic mass is 16.1. The largest absolute Gasteiger partial charge is 0.289 e. The Hall–Kier alpha value is -2.15. The summed E-state index contributed by atoms with van der Waals surface area (Å²) in [4.78, 5) is 11.9. The van der Waals surface area contributed by atoms with Crippen molar-refractivity contribution in [2.75, 3.05) is 0 Å². The van der Waals surface area contributed by atoms with Crippen molar-refractivity contribution in [1.29, 1.82) is 0 Å². The van der Waals surface area contributed by atoms with E-state index in [2.05, 4.69) is 37.3 Å². The van der Waals surface area contributed by atoms with Gasteiger partial charge in [0.2, 0.25) is 0 Å². The second kappa shape index (κ2) is 4.85. The topological polar surface area (TPSA) is 17.1 Å². The van der Waals surface area contributed by atoms with Crippen LogP contribution in [0.2, 0.25) is 0 Å². The Morgan fingerprint density at radius 2 is 1.63 bits per heavy atom. The summed E-state index contributed by atoms with van der Waals surface area (Å²) in [6.07, 6.45) is 3.76. The summed E-state index contributed by atoms with van der Waals surface area (Å²) < 4.78 is 0. The molecule has 0 aliphatic heterocycles. The molecule has 0 saturated carbocycles. The third-order valence-corrected chi connectivity index (χ3v) is 3.90. The predicted molar refractivity (Wildman–Crippen MR) is 77.5 cm³/mol. The SMILES string of the molecule is C[C@H](c1ccccc1)[C@@H]1C=CC(=O)c2ccccc21. The minimum Gasteiger partial charge on any atom is -0.289 e. The van der Waals surface area contributed by atoms with Crippen LogP contribution in [0.15, 0.2) is 66.7 Å². The fourth-order valence-electron chi connectivity index (χ4n) is 2.80. The summed E-state index contributed by atoms with van der Waals surface area (Å²) in [7, 11) is 0. The summed E-state index contributed by atoms with van der Waals surface area (Å²) >= 11 is 0. The van der Waals surface area contributed by atoms with Crippen molar-refractivity contribution in [1.82, 2.24) is 0 Å². The van der Waals surface area contributed by atoms with Crippen molar-refractivity contribution >= 4 is 5.78 Å². The number of hydrogen-bond donors (Lipinski definition) is 0. The highest BCUT2D eigenvalue weighted by Crippen LogP contribution is 2.37. The first-order valence-corrected chi connectivity index (χ1v) is 6.64. The molecule has 0 fully saturated rings. The van der Waals surface area contributed by atoms with Gasteiger partial charge in [-0.15, -0.1) is 0 Å². The Morgan fingerprint density at radius 1 is 0.947 bits per heavy atom. The van der Waals surface area contributed by atoms with Crippen LogP contribution in [0.1, 0.15) is 40.2 Å². The minimum absolute atomic E-state index is 0.118. The summed E-state index contributed by atoms with van der Waals surface area (Å²) in [5.41, 5.74) is 3.30. The number of rotatable bonds is 2. The normalized spacial score (nSPS) is 19.0.